The molecule has 0 atom stereocenters. The van der Waals surface area contributed by atoms with Crippen molar-refractivity contribution >= 4 is 28.1 Å². The molecule has 0 aliphatic carbocycles. The molecule has 28 heavy (non-hydrogen) atoms. The third-order valence-corrected chi connectivity index (χ3v) is 4.22. The number of amides is 1. The topological polar surface area (TPSA) is 119 Å². The second kappa shape index (κ2) is 8.30. The van der Waals surface area contributed by atoms with Crippen LogP contribution in [0.5, 0.6) is 0 Å². The van der Waals surface area contributed by atoms with Gasteiger partial charge in [-0.15, -0.1) is 0 Å². The van der Waals surface area contributed by atoms with E-state index in [9.17, 15) is 19.7 Å². The van der Waals surface area contributed by atoms with Gasteiger partial charge < -0.3 is 10.6 Å². The molecule has 144 valence electrons. The van der Waals surface area contributed by atoms with Crippen molar-refractivity contribution in [2.75, 3.05) is 18.4 Å². The Hall–Kier alpha value is -3.75. The molecule has 0 fully saturated rings. The fourth-order valence-electron chi connectivity index (χ4n) is 2.83. The number of aromatic nitrogens is 2. The van der Waals surface area contributed by atoms with Gasteiger partial charge in [-0.1, -0.05) is 18.2 Å². The largest absolute Gasteiger partial charge is 0.383 e. The van der Waals surface area contributed by atoms with Gasteiger partial charge in [-0.05, 0) is 18.2 Å². The smallest absolute Gasteiger partial charge is 0.274 e. The summed E-state index contributed by atoms with van der Waals surface area (Å²) in [5.41, 5.74) is 1.09. The number of nitro benzene ring substituents is 1. The molecule has 0 spiro atoms. The van der Waals surface area contributed by atoms with Crippen molar-refractivity contribution in [1.82, 2.24) is 15.1 Å². The van der Waals surface area contributed by atoms with Crippen molar-refractivity contribution in [1.29, 1.82) is 0 Å². The number of benzene rings is 2. The van der Waals surface area contributed by atoms with E-state index in [-0.39, 0.29) is 23.6 Å². The molecule has 0 unspecified atom stereocenters. The number of aryl methyl sites for hydroxylation is 1. The summed E-state index contributed by atoms with van der Waals surface area (Å²) in [5, 5.41) is 21.9. The molecule has 0 bridgehead atoms. The zero-order chi connectivity index (χ0) is 20.1. The van der Waals surface area contributed by atoms with Gasteiger partial charge in [0.1, 0.15) is 0 Å². The zero-order valence-electron chi connectivity index (χ0n) is 15.2. The second-order valence-corrected chi connectivity index (χ2v) is 6.18. The molecule has 0 saturated heterocycles. The Morgan fingerprint density at radius 2 is 1.79 bits per heavy atom. The Kier molecular flexibility index (Phi) is 5.64. The van der Waals surface area contributed by atoms with Crippen LogP contribution in [0.3, 0.4) is 0 Å². The van der Waals surface area contributed by atoms with Gasteiger partial charge in [-0.2, -0.15) is 5.10 Å². The van der Waals surface area contributed by atoms with E-state index < -0.39 is 4.92 Å². The number of rotatable bonds is 7. The van der Waals surface area contributed by atoms with Gasteiger partial charge in [0.25, 0.3) is 11.2 Å². The summed E-state index contributed by atoms with van der Waals surface area (Å²) in [7, 11) is 1.56. The Balaban J connectivity index is 1.55. The van der Waals surface area contributed by atoms with Gasteiger partial charge in [0.2, 0.25) is 5.91 Å². The number of carbonyl (C=O) groups excluding carboxylic acids is 1. The number of non-ortho nitro benzene ring substituents is 1. The number of carbonyl (C=O) groups is 1. The quantitative estimate of drug-likeness (QED) is 0.365. The highest BCUT2D eigenvalue weighted by Gasteiger charge is 2.12. The minimum absolute atomic E-state index is 0.0239. The van der Waals surface area contributed by atoms with Crippen LogP contribution in [0.1, 0.15) is 5.69 Å². The van der Waals surface area contributed by atoms with Crippen molar-refractivity contribution in [3.8, 4) is 0 Å². The number of anilines is 1. The first-order valence-corrected chi connectivity index (χ1v) is 8.65. The van der Waals surface area contributed by atoms with Crippen molar-refractivity contribution in [2.45, 2.75) is 6.42 Å². The molecule has 0 aliphatic rings. The lowest BCUT2D eigenvalue weighted by molar-refractivity contribution is -0.384. The van der Waals surface area contributed by atoms with Crippen molar-refractivity contribution in [2.24, 2.45) is 7.05 Å². The van der Waals surface area contributed by atoms with Crippen LogP contribution in [0.2, 0.25) is 0 Å². The van der Waals surface area contributed by atoms with Crippen LogP contribution in [0.4, 0.5) is 11.4 Å². The van der Waals surface area contributed by atoms with E-state index in [2.05, 4.69) is 15.7 Å². The Labute approximate surface area is 160 Å². The molecule has 2 N–H and O–H groups in total. The average Bonchev–Trinajstić information content (AvgIpc) is 2.69. The van der Waals surface area contributed by atoms with E-state index in [0.717, 1.165) is 5.69 Å². The van der Waals surface area contributed by atoms with Crippen LogP contribution in [0.15, 0.2) is 53.3 Å². The van der Waals surface area contributed by atoms with Gasteiger partial charge in [0.15, 0.2) is 0 Å². The summed E-state index contributed by atoms with van der Waals surface area (Å²) >= 11 is 0. The summed E-state index contributed by atoms with van der Waals surface area (Å²) in [6.45, 7) is 0.838. The molecule has 0 aliphatic heterocycles. The zero-order valence-corrected chi connectivity index (χ0v) is 15.2. The predicted octanol–water partition coefficient (Wildman–Crippen LogP) is 1.61. The summed E-state index contributed by atoms with van der Waals surface area (Å²) in [4.78, 5) is 34.5. The van der Waals surface area contributed by atoms with Gasteiger partial charge >= 0.3 is 0 Å². The Morgan fingerprint density at radius 3 is 2.46 bits per heavy atom. The third-order valence-electron chi connectivity index (χ3n) is 4.22. The highest BCUT2D eigenvalue weighted by molar-refractivity contribution is 5.88. The van der Waals surface area contributed by atoms with E-state index in [1.807, 2.05) is 0 Å². The lowest BCUT2D eigenvalue weighted by atomic mass is 10.1. The van der Waals surface area contributed by atoms with E-state index >= 15 is 0 Å². The highest BCUT2D eigenvalue weighted by Crippen LogP contribution is 2.15. The minimum atomic E-state index is -0.457. The highest BCUT2D eigenvalue weighted by atomic mass is 16.6. The number of hydrogen-bond acceptors (Lipinski definition) is 6. The first kappa shape index (κ1) is 19.0. The lowest BCUT2D eigenvalue weighted by Gasteiger charge is -2.10. The third kappa shape index (κ3) is 4.32. The van der Waals surface area contributed by atoms with E-state index in [1.54, 1.807) is 43.4 Å². The van der Waals surface area contributed by atoms with Crippen LogP contribution in [0, 0.1) is 10.1 Å². The number of hydrogen-bond donors (Lipinski definition) is 2. The normalized spacial score (nSPS) is 10.6. The molecule has 0 radical (unpaired) electrons. The van der Waals surface area contributed by atoms with Crippen LogP contribution < -0.4 is 16.2 Å². The average molecular weight is 381 g/mol. The molecule has 1 heterocycles. The van der Waals surface area contributed by atoms with Crippen LogP contribution in [-0.2, 0) is 18.3 Å². The molecule has 0 saturated carbocycles. The van der Waals surface area contributed by atoms with E-state index in [4.69, 9.17) is 0 Å². The number of nitrogens with zero attached hydrogens (tertiary/aromatic N) is 3. The number of nitrogens with one attached hydrogen (secondary N) is 2. The fraction of sp³-hybridized carbons (Fsp3) is 0.211. The van der Waals surface area contributed by atoms with Crippen LogP contribution >= 0.6 is 0 Å². The Morgan fingerprint density at radius 1 is 1.11 bits per heavy atom. The second-order valence-electron chi connectivity index (χ2n) is 6.18. The van der Waals surface area contributed by atoms with Gasteiger partial charge in [-0.25, -0.2) is 4.68 Å². The summed E-state index contributed by atoms with van der Waals surface area (Å²) in [5.74, 6) is -0.207. The molecule has 3 aromatic rings. The SMILES string of the molecule is Cn1nc(CC(=O)NCCNc2ccc([N+](=O)[O-])cc2)c2ccccc2c1=O. The molecule has 1 aromatic heterocycles. The maximum absolute atomic E-state index is 12.2. The molecule has 9 nitrogen and oxygen atoms in total. The van der Waals surface area contributed by atoms with E-state index in [0.29, 0.717) is 29.6 Å². The molecule has 1 amide bonds. The fourth-order valence-corrected chi connectivity index (χ4v) is 2.83. The molecular weight excluding hydrogens is 362 g/mol. The summed E-state index contributed by atoms with van der Waals surface area (Å²) in [6, 6.07) is 13.1. The first-order valence-electron chi connectivity index (χ1n) is 8.65. The number of nitro groups is 1. The van der Waals surface area contributed by atoms with Gasteiger partial charge in [0, 0.05) is 43.3 Å². The Bertz CT molecular complexity index is 1080. The lowest BCUT2D eigenvalue weighted by Crippen LogP contribution is -2.31. The molecule has 9 heteroatoms. The molecular formula is C19H19N5O4. The van der Waals surface area contributed by atoms with Crippen molar-refractivity contribution in [3.63, 3.8) is 0 Å². The predicted molar refractivity (Wildman–Crippen MR) is 105 cm³/mol. The van der Waals surface area contributed by atoms with E-state index in [1.165, 1.54) is 16.8 Å². The molecule has 2 aromatic carbocycles. The first-order chi connectivity index (χ1) is 13.5. The minimum Gasteiger partial charge on any atom is -0.383 e. The van der Waals surface area contributed by atoms with Crippen LogP contribution in [-0.4, -0.2) is 33.7 Å². The van der Waals surface area contributed by atoms with Gasteiger partial charge in [-0.3, -0.25) is 19.7 Å². The van der Waals surface area contributed by atoms with Gasteiger partial charge in [0.05, 0.1) is 22.4 Å². The maximum Gasteiger partial charge on any atom is 0.274 e. The summed E-state index contributed by atoms with van der Waals surface area (Å²) in [6.07, 6.45) is 0.0617. The molecule has 3 rings (SSSR count). The maximum atomic E-state index is 12.2. The number of fused-ring (bicyclic) bond motifs is 1. The monoisotopic (exact) mass is 381 g/mol. The van der Waals surface area contributed by atoms with Crippen molar-refractivity contribution < 1.29 is 9.72 Å². The standard InChI is InChI=1S/C19H19N5O4/c1-23-19(26)16-5-3-2-4-15(16)17(22-23)12-18(25)21-11-10-20-13-6-8-14(9-7-13)24(27)28/h2-9,20H,10-12H2,1H3,(H,21,25). The van der Waals surface area contributed by atoms with Crippen LogP contribution in [0.25, 0.3) is 10.8 Å². The summed E-state index contributed by atoms with van der Waals surface area (Å²) < 4.78 is 1.24. The van der Waals surface area contributed by atoms with Crippen molar-refractivity contribution in [3.05, 3.63) is 74.7 Å².